The van der Waals surface area contributed by atoms with E-state index in [1.54, 1.807) is 43.3 Å². The highest BCUT2D eigenvalue weighted by atomic mass is 32.2. The van der Waals surface area contributed by atoms with E-state index in [1.807, 2.05) is 13.0 Å². The molecule has 0 heterocycles. The van der Waals surface area contributed by atoms with Gasteiger partial charge in [-0.2, -0.15) is 0 Å². The summed E-state index contributed by atoms with van der Waals surface area (Å²) < 4.78 is 53.1. The van der Waals surface area contributed by atoms with E-state index in [0.717, 1.165) is 11.8 Å². The van der Waals surface area contributed by atoms with E-state index in [0.29, 0.717) is 22.6 Å². The first kappa shape index (κ1) is 23.3. The van der Waals surface area contributed by atoms with Crippen LogP contribution in [0.1, 0.15) is 21.5 Å². The van der Waals surface area contributed by atoms with Gasteiger partial charge in [-0.15, -0.1) is 0 Å². The second-order valence-electron chi connectivity index (χ2n) is 7.31. The number of nitrogens with one attached hydrogen (secondary N) is 3. The number of anilines is 3. The van der Waals surface area contributed by atoms with E-state index in [1.165, 1.54) is 24.3 Å². The van der Waals surface area contributed by atoms with Crippen LogP contribution >= 0.6 is 0 Å². The second-order valence-corrected chi connectivity index (χ2v) is 10.7. The zero-order valence-corrected chi connectivity index (χ0v) is 19.3. The quantitative estimate of drug-likeness (QED) is 0.483. The van der Waals surface area contributed by atoms with Crippen LogP contribution in [0.25, 0.3) is 0 Å². The van der Waals surface area contributed by atoms with Gasteiger partial charge in [0, 0.05) is 16.9 Å². The maximum Gasteiger partial charge on any atom is 0.261 e. The number of carbonyl (C=O) groups is 1. The fourth-order valence-electron chi connectivity index (χ4n) is 3.03. The van der Waals surface area contributed by atoms with Crippen LogP contribution in [0.2, 0.25) is 0 Å². The van der Waals surface area contributed by atoms with E-state index in [9.17, 15) is 21.6 Å². The number of amides is 1. The normalized spacial score (nSPS) is 11.6. The minimum Gasteiger partial charge on any atom is -0.322 e. The summed E-state index contributed by atoms with van der Waals surface area (Å²) in [6.07, 6.45) is 1.03. The molecule has 3 aromatic carbocycles. The van der Waals surface area contributed by atoms with Gasteiger partial charge in [0.05, 0.1) is 16.8 Å². The molecule has 0 saturated carbocycles. The molecule has 10 heteroatoms. The van der Waals surface area contributed by atoms with Crippen LogP contribution in [0, 0.1) is 13.8 Å². The van der Waals surface area contributed by atoms with Crippen molar-refractivity contribution in [3.63, 3.8) is 0 Å². The molecule has 3 aromatic rings. The Balaban J connectivity index is 1.76. The monoisotopic (exact) mass is 473 g/mol. The lowest BCUT2D eigenvalue weighted by Crippen LogP contribution is -2.16. The highest BCUT2D eigenvalue weighted by Gasteiger charge is 2.16. The smallest absolute Gasteiger partial charge is 0.261 e. The fraction of sp³-hybridized carbons (Fsp3) is 0.136. The molecule has 32 heavy (non-hydrogen) atoms. The van der Waals surface area contributed by atoms with Gasteiger partial charge in [-0.1, -0.05) is 18.2 Å². The zero-order valence-electron chi connectivity index (χ0n) is 17.7. The third-order valence-corrected chi connectivity index (χ3v) is 6.55. The number of aryl methyl sites for hydroxylation is 1. The largest absolute Gasteiger partial charge is 0.322 e. The van der Waals surface area contributed by atoms with Crippen molar-refractivity contribution in [3.8, 4) is 0 Å². The fourth-order valence-corrected chi connectivity index (χ4v) is 4.70. The molecule has 0 fully saturated rings. The van der Waals surface area contributed by atoms with Gasteiger partial charge in [0.25, 0.3) is 15.9 Å². The Labute approximate surface area is 187 Å². The van der Waals surface area contributed by atoms with Crippen LogP contribution in [-0.2, 0) is 20.0 Å². The van der Waals surface area contributed by atoms with Crippen LogP contribution in [0.5, 0.6) is 0 Å². The number of sulfonamides is 2. The molecule has 0 unspecified atom stereocenters. The average molecular weight is 474 g/mol. The van der Waals surface area contributed by atoms with E-state index in [-0.39, 0.29) is 10.5 Å². The molecule has 0 saturated heterocycles. The number of hydrogen-bond acceptors (Lipinski definition) is 5. The SMILES string of the molecule is Cc1cccc(NS(=O)(=O)c2ccc(NC(=O)c3cccc(NS(C)(=O)=O)c3C)cc2)c1. The Morgan fingerprint density at radius 1 is 0.781 bits per heavy atom. The van der Waals surface area contributed by atoms with Gasteiger partial charge in [-0.05, 0) is 73.5 Å². The minimum absolute atomic E-state index is 0.0486. The summed E-state index contributed by atoms with van der Waals surface area (Å²) in [5.41, 5.74) is 2.84. The van der Waals surface area contributed by atoms with E-state index in [4.69, 9.17) is 0 Å². The molecule has 0 aromatic heterocycles. The third-order valence-electron chi connectivity index (χ3n) is 4.57. The second kappa shape index (κ2) is 9.01. The summed E-state index contributed by atoms with van der Waals surface area (Å²) in [6.45, 7) is 3.50. The lowest BCUT2D eigenvalue weighted by atomic mass is 10.1. The standard InChI is InChI=1S/C22H23N3O5S2/c1-15-6-4-7-18(14-15)24-32(29,30)19-12-10-17(11-13-19)23-22(26)20-8-5-9-21(16(20)2)25-31(3,27)28/h4-14,24-25H,1-3H3,(H,23,26). The molecular weight excluding hydrogens is 450 g/mol. The number of hydrogen-bond donors (Lipinski definition) is 3. The zero-order chi connectivity index (χ0) is 23.5. The van der Waals surface area contributed by atoms with Gasteiger partial charge >= 0.3 is 0 Å². The molecule has 0 aliphatic heterocycles. The number of carbonyl (C=O) groups excluding carboxylic acids is 1. The first-order valence-electron chi connectivity index (χ1n) is 9.53. The van der Waals surface area contributed by atoms with Crippen LogP contribution in [0.3, 0.4) is 0 Å². The summed E-state index contributed by atoms with van der Waals surface area (Å²) in [5.74, 6) is -0.451. The van der Waals surface area contributed by atoms with Crippen molar-refractivity contribution in [2.75, 3.05) is 21.0 Å². The molecule has 168 valence electrons. The topological polar surface area (TPSA) is 121 Å². The molecule has 0 bridgehead atoms. The highest BCUT2D eigenvalue weighted by Crippen LogP contribution is 2.22. The van der Waals surface area contributed by atoms with Crippen molar-refractivity contribution >= 4 is 43.0 Å². The van der Waals surface area contributed by atoms with Crippen molar-refractivity contribution in [1.82, 2.24) is 0 Å². The highest BCUT2D eigenvalue weighted by molar-refractivity contribution is 7.92. The predicted molar refractivity (Wildman–Crippen MR) is 126 cm³/mol. The molecule has 0 atom stereocenters. The Kier molecular flexibility index (Phi) is 6.56. The minimum atomic E-state index is -3.79. The summed E-state index contributed by atoms with van der Waals surface area (Å²) in [5, 5.41) is 2.69. The van der Waals surface area contributed by atoms with Crippen molar-refractivity contribution in [2.24, 2.45) is 0 Å². The molecule has 8 nitrogen and oxygen atoms in total. The molecule has 1 amide bonds. The Hall–Kier alpha value is -3.37. The van der Waals surface area contributed by atoms with Crippen LogP contribution < -0.4 is 14.8 Å². The van der Waals surface area contributed by atoms with Crippen LogP contribution in [-0.4, -0.2) is 29.0 Å². The summed E-state index contributed by atoms with van der Waals surface area (Å²) in [7, 11) is -7.27. The van der Waals surface area contributed by atoms with Gasteiger partial charge in [0.15, 0.2) is 0 Å². The molecular formula is C22H23N3O5S2. The third kappa shape index (κ3) is 5.86. The van der Waals surface area contributed by atoms with Crippen molar-refractivity contribution in [2.45, 2.75) is 18.7 Å². The average Bonchev–Trinajstić information content (AvgIpc) is 2.68. The van der Waals surface area contributed by atoms with Crippen molar-refractivity contribution < 1.29 is 21.6 Å². The summed E-state index contributed by atoms with van der Waals surface area (Å²) in [6, 6.07) is 17.5. The number of rotatable bonds is 7. The van der Waals surface area contributed by atoms with E-state index >= 15 is 0 Å². The van der Waals surface area contributed by atoms with Crippen LogP contribution in [0.15, 0.2) is 71.6 Å². The van der Waals surface area contributed by atoms with Crippen LogP contribution in [0.4, 0.5) is 17.1 Å². The Bertz CT molecular complexity index is 1370. The molecule has 0 aliphatic rings. The van der Waals surface area contributed by atoms with Gasteiger partial charge in [-0.25, -0.2) is 16.8 Å². The molecule has 3 N–H and O–H groups in total. The van der Waals surface area contributed by atoms with Gasteiger partial charge in [0.2, 0.25) is 10.0 Å². The van der Waals surface area contributed by atoms with Gasteiger partial charge in [0.1, 0.15) is 0 Å². The van der Waals surface area contributed by atoms with Crippen molar-refractivity contribution in [1.29, 1.82) is 0 Å². The summed E-state index contributed by atoms with van der Waals surface area (Å²) in [4.78, 5) is 12.7. The molecule has 0 aliphatic carbocycles. The maximum atomic E-state index is 12.7. The Morgan fingerprint density at radius 3 is 2.06 bits per heavy atom. The number of benzene rings is 3. The lowest BCUT2D eigenvalue weighted by molar-refractivity contribution is 0.102. The molecule has 0 spiro atoms. The lowest BCUT2D eigenvalue weighted by Gasteiger charge is -2.13. The van der Waals surface area contributed by atoms with E-state index < -0.39 is 26.0 Å². The molecule has 3 rings (SSSR count). The Morgan fingerprint density at radius 2 is 1.44 bits per heavy atom. The predicted octanol–water partition coefficient (Wildman–Crippen LogP) is 3.73. The van der Waals surface area contributed by atoms with Gasteiger partial charge < -0.3 is 5.32 Å². The summed E-state index contributed by atoms with van der Waals surface area (Å²) >= 11 is 0. The first-order chi connectivity index (χ1) is 14.9. The van der Waals surface area contributed by atoms with Crippen molar-refractivity contribution in [3.05, 3.63) is 83.4 Å². The van der Waals surface area contributed by atoms with E-state index in [2.05, 4.69) is 14.8 Å². The molecule has 0 radical (unpaired) electrons. The first-order valence-corrected chi connectivity index (χ1v) is 12.9. The van der Waals surface area contributed by atoms with Gasteiger partial charge in [-0.3, -0.25) is 14.2 Å². The maximum absolute atomic E-state index is 12.7.